The number of furan rings is 1. The van der Waals surface area contributed by atoms with E-state index in [1.807, 2.05) is 6.92 Å². The predicted molar refractivity (Wildman–Crippen MR) is 106 cm³/mol. The fraction of sp³-hybridized carbons (Fsp3) is 0.278. The molecular weight excluding hydrogens is 466 g/mol. The molecule has 0 saturated heterocycles. The van der Waals surface area contributed by atoms with Crippen molar-refractivity contribution in [2.75, 3.05) is 10.6 Å². The summed E-state index contributed by atoms with van der Waals surface area (Å²) in [6.07, 6.45) is 1.69. The van der Waals surface area contributed by atoms with Crippen LogP contribution in [0.2, 0.25) is 0 Å². The molecule has 0 fully saturated rings. The van der Waals surface area contributed by atoms with Crippen molar-refractivity contribution in [1.82, 2.24) is 10.2 Å². The predicted octanol–water partition coefficient (Wildman–Crippen LogP) is 3.16. The topological polar surface area (TPSA) is 116 Å². The van der Waals surface area contributed by atoms with Crippen LogP contribution in [-0.2, 0) is 27.8 Å². The van der Waals surface area contributed by atoms with Crippen molar-refractivity contribution < 1.29 is 26.8 Å². The van der Waals surface area contributed by atoms with Gasteiger partial charge in [0.1, 0.15) is 0 Å². The van der Waals surface area contributed by atoms with E-state index in [0.717, 1.165) is 5.56 Å². The van der Waals surface area contributed by atoms with Gasteiger partial charge in [0.25, 0.3) is 11.8 Å². The van der Waals surface area contributed by atoms with Crippen molar-refractivity contribution in [3.05, 3.63) is 52.0 Å². The lowest BCUT2D eigenvalue weighted by atomic mass is 10.1. The van der Waals surface area contributed by atoms with Crippen molar-refractivity contribution in [2.45, 2.75) is 26.0 Å². The average Bonchev–Trinajstić information content (AvgIpc) is 3.35. The lowest BCUT2D eigenvalue weighted by molar-refractivity contribution is 0.0438. The van der Waals surface area contributed by atoms with Crippen LogP contribution in [0.15, 0.2) is 43.8 Å². The minimum atomic E-state index is -3.38. The first-order chi connectivity index (χ1) is 13.7. The van der Waals surface area contributed by atoms with Crippen molar-refractivity contribution >= 4 is 37.6 Å². The lowest BCUT2D eigenvalue weighted by Crippen LogP contribution is -2.34. The number of carbonyl (C=O) groups is 1. The fourth-order valence-electron chi connectivity index (χ4n) is 3.29. The van der Waals surface area contributed by atoms with Crippen LogP contribution in [0, 0.1) is 0 Å². The first-order valence-electron chi connectivity index (χ1n) is 8.60. The number of fused-ring (bicyclic) bond motifs is 1. The number of nitrogens with zero attached hydrogens (tertiary/aromatic N) is 3. The Morgan fingerprint density at radius 3 is 2.76 bits per heavy atom. The van der Waals surface area contributed by atoms with Crippen LogP contribution in [-0.4, -0.2) is 36.9 Å². The molecule has 152 valence electrons. The number of halogens is 1. The van der Waals surface area contributed by atoms with Crippen molar-refractivity contribution in [3.63, 3.8) is 0 Å². The van der Waals surface area contributed by atoms with E-state index in [2.05, 4.69) is 26.1 Å². The number of ether oxygens (including phenoxy) is 1. The molecule has 0 N–H and O–H groups in total. The maximum Gasteiger partial charge on any atom is 0.338 e. The van der Waals surface area contributed by atoms with E-state index in [9.17, 15) is 13.2 Å². The summed E-state index contributed by atoms with van der Waals surface area (Å²) in [5.41, 5.74) is 1.68. The van der Waals surface area contributed by atoms with Gasteiger partial charge in [-0.2, -0.15) is 0 Å². The third-order valence-electron chi connectivity index (χ3n) is 4.40. The summed E-state index contributed by atoms with van der Waals surface area (Å²) in [6.45, 7) is 1.63. The Kier molecular flexibility index (Phi) is 4.95. The Hall–Kier alpha value is -2.66. The lowest BCUT2D eigenvalue weighted by Gasteiger charge is -2.21. The third kappa shape index (κ3) is 3.92. The summed E-state index contributed by atoms with van der Waals surface area (Å²) < 4.78 is 41.9. The highest BCUT2D eigenvalue weighted by Crippen LogP contribution is 2.34. The van der Waals surface area contributed by atoms with Gasteiger partial charge in [-0.3, -0.25) is 4.31 Å². The first-order valence-corrected chi connectivity index (χ1v) is 11.2. The van der Waals surface area contributed by atoms with E-state index in [-0.39, 0.29) is 24.4 Å². The van der Waals surface area contributed by atoms with Crippen LogP contribution in [0.4, 0.5) is 5.69 Å². The van der Waals surface area contributed by atoms with Gasteiger partial charge in [0, 0.05) is 6.04 Å². The van der Waals surface area contributed by atoms with Crippen LogP contribution >= 0.6 is 15.9 Å². The molecule has 1 aliphatic heterocycles. The van der Waals surface area contributed by atoms with E-state index in [4.69, 9.17) is 13.6 Å². The number of esters is 1. The van der Waals surface area contributed by atoms with Crippen LogP contribution in [0.3, 0.4) is 0 Å². The molecule has 3 heterocycles. The number of benzene rings is 1. The minimum absolute atomic E-state index is 0.124. The Labute approximate surface area is 174 Å². The number of hydrogen-bond donors (Lipinski definition) is 0. The molecular formula is C18H16BrN3O6S. The number of aromatic nitrogens is 2. The van der Waals surface area contributed by atoms with E-state index < -0.39 is 16.0 Å². The maximum absolute atomic E-state index is 12.4. The van der Waals surface area contributed by atoms with Gasteiger partial charge in [0.15, 0.2) is 17.0 Å². The average molecular weight is 482 g/mol. The highest BCUT2D eigenvalue weighted by molar-refractivity contribution is 9.10. The monoisotopic (exact) mass is 481 g/mol. The van der Waals surface area contributed by atoms with Gasteiger partial charge in [-0.1, -0.05) is 0 Å². The van der Waals surface area contributed by atoms with Gasteiger partial charge < -0.3 is 13.6 Å². The second kappa shape index (κ2) is 7.30. The standard InChI is InChI=1S/C18H16BrN3O6S/c1-10-7-12-8-11(3-4-13(12)22(10)29(2,24)25)18(23)26-9-16-20-21-17(28-16)14-5-6-15(19)27-14/h3-6,8,10H,7,9H2,1-2H3. The van der Waals surface area contributed by atoms with Crippen molar-refractivity contribution in [3.8, 4) is 11.7 Å². The third-order valence-corrected chi connectivity index (χ3v) is 6.10. The molecule has 0 aliphatic carbocycles. The Morgan fingerprint density at radius 1 is 1.28 bits per heavy atom. The van der Waals surface area contributed by atoms with Gasteiger partial charge in [0.2, 0.25) is 10.0 Å². The molecule has 0 amide bonds. The molecule has 0 bridgehead atoms. The normalized spacial score (nSPS) is 16.1. The zero-order chi connectivity index (χ0) is 20.8. The van der Waals surface area contributed by atoms with E-state index >= 15 is 0 Å². The summed E-state index contributed by atoms with van der Waals surface area (Å²) in [5.74, 6) is 0.122. The minimum Gasteiger partial charge on any atom is -0.452 e. The number of carbonyl (C=O) groups excluding carboxylic acids is 1. The molecule has 4 rings (SSSR count). The van der Waals surface area contributed by atoms with Gasteiger partial charge in [0.05, 0.1) is 17.5 Å². The first kappa shape index (κ1) is 19.6. The van der Waals surface area contributed by atoms with E-state index in [1.165, 1.54) is 16.6 Å². The van der Waals surface area contributed by atoms with Crippen LogP contribution < -0.4 is 4.31 Å². The summed E-state index contributed by atoms with van der Waals surface area (Å²) in [7, 11) is -3.38. The van der Waals surface area contributed by atoms with Gasteiger partial charge in [-0.05, 0) is 65.2 Å². The van der Waals surface area contributed by atoms with E-state index in [1.54, 1.807) is 24.3 Å². The molecule has 1 aromatic carbocycles. The summed E-state index contributed by atoms with van der Waals surface area (Å²) in [5, 5.41) is 7.68. The summed E-state index contributed by atoms with van der Waals surface area (Å²) >= 11 is 3.19. The van der Waals surface area contributed by atoms with E-state index in [0.29, 0.717) is 28.1 Å². The number of sulfonamides is 1. The molecule has 0 saturated carbocycles. The quantitative estimate of drug-likeness (QED) is 0.510. The van der Waals surface area contributed by atoms with Crippen LogP contribution in [0.1, 0.15) is 28.7 Å². The molecule has 11 heteroatoms. The van der Waals surface area contributed by atoms with Crippen LogP contribution in [0.5, 0.6) is 0 Å². The molecule has 0 spiro atoms. The number of rotatable bonds is 5. The fourth-order valence-corrected chi connectivity index (χ4v) is 4.86. The molecule has 1 atom stereocenters. The highest BCUT2D eigenvalue weighted by Gasteiger charge is 2.33. The Bertz CT molecular complexity index is 1190. The molecule has 9 nitrogen and oxygen atoms in total. The second-order valence-electron chi connectivity index (χ2n) is 6.64. The SMILES string of the molecule is CC1Cc2cc(C(=O)OCc3nnc(-c4ccc(Br)o4)o3)ccc2N1S(C)(=O)=O. The largest absolute Gasteiger partial charge is 0.452 e. The maximum atomic E-state index is 12.4. The van der Waals surface area contributed by atoms with Gasteiger partial charge in [-0.15, -0.1) is 10.2 Å². The Morgan fingerprint density at radius 2 is 2.07 bits per heavy atom. The second-order valence-corrected chi connectivity index (χ2v) is 9.28. The van der Waals surface area contributed by atoms with Crippen LogP contribution in [0.25, 0.3) is 11.7 Å². The van der Waals surface area contributed by atoms with Gasteiger partial charge >= 0.3 is 5.97 Å². The summed E-state index contributed by atoms with van der Waals surface area (Å²) in [6, 6.07) is 7.97. The smallest absolute Gasteiger partial charge is 0.338 e. The van der Waals surface area contributed by atoms with Crippen molar-refractivity contribution in [2.24, 2.45) is 0 Å². The van der Waals surface area contributed by atoms with Crippen molar-refractivity contribution in [1.29, 1.82) is 0 Å². The summed E-state index contributed by atoms with van der Waals surface area (Å²) in [4.78, 5) is 12.4. The highest BCUT2D eigenvalue weighted by atomic mass is 79.9. The number of hydrogen-bond acceptors (Lipinski definition) is 8. The zero-order valence-corrected chi connectivity index (χ0v) is 17.9. The molecule has 29 heavy (non-hydrogen) atoms. The molecule has 3 aromatic rings. The zero-order valence-electron chi connectivity index (χ0n) is 15.5. The molecule has 1 unspecified atom stereocenters. The van der Waals surface area contributed by atoms with Gasteiger partial charge in [-0.25, -0.2) is 13.2 Å². The molecule has 0 radical (unpaired) electrons. The molecule has 2 aromatic heterocycles. The molecule has 1 aliphatic rings. The Balaban J connectivity index is 1.45. The number of anilines is 1.